The molecule has 3 aliphatic carbocycles. The topological polar surface area (TPSA) is 55.4 Å². The highest BCUT2D eigenvalue weighted by Crippen LogP contribution is 2.55. The van der Waals surface area contributed by atoms with Gasteiger partial charge in [-0.1, -0.05) is 66.7 Å². The molecule has 4 aliphatic rings. The summed E-state index contributed by atoms with van der Waals surface area (Å²) in [5, 5.41) is 3.10. The molecule has 154 valence electrons. The van der Waals surface area contributed by atoms with E-state index in [1.165, 1.54) is 22.3 Å². The van der Waals surface area contributed by atoms with E-state index in [9.17, 15) is 9.59 Å². The standard InChI is InChI=1S/C27H23NO3/c29-26(24-14-16-7-1-2-8-18(16)27(30)31-24)28-15-17-13-23-19-9-3-5-11-21(19)25(17)22-12-6-4-10-20(22)23/h1-12,17,23-25H,13-15H2,(H,28,29)/t17-,23?,24-,25?/m0/s1. The average molecular weight is 409 g/mol. The summed E-state index contributed by atoms with van der Waals surface area (Å²) in [5.41, 5.74) is 7.05. The second-order valence-corrected chi connectivity index (χ2v) is 8.78. The monoisotopic (exact) mass is 409 g/mol. The fourth-order valence-electron chi connectivity index (χ4n) is 5.78. The minimum atomic E-state index is -0.761. The van der Waals surface area contributed by atoms with Gasteiger partial charge in [0.15, 0.2) is 6.10 Å². The van der Waals surface area contributed by atoms with Crippen molar-refractivity contribution in [1.82, 2.24) is 5.32 Å². The van der Waals surface area contributed by atoms with Crippen LogP contribution in [0, 0.1) is 5.92 Å². The van der Waals surface area contributed by atoms with E-state index in [2.05, 4.69) is 53.8 Å². The van der Waals surface area contributed by atoms with Gasteiger partial charge in [0.05, 0.1) is 5.56 Å². The van der Waals surface area contributed by atoms with Gasteiger partial charge >= 0.3 is 5.97 Å². The van der Waals surface area contributed by atoms with Gasteiger partial charge in [-0.3, -0.25) is 4.79 Å². The zero-order chi connectivity index (χ0) is 20.9. The lowest BCUT2D eigenvalue weighted by Gasteiger charge is -2.45. The van der Waals surface area contributed by atoms with Crippen LogP contribution in [0.4, 0.5) is 0 Å². The van der Waals surface area contributed by atoms with Gasteiger partial charge in [-0.05, 0) is 46.2 Å². The SMILES string of the molecule is O=C1O[C@H](C(=O)NC[C@@H]2CC3c4ccccc4C2c2ccccc23)Cc2ccccc21. The number of amides is 1. The van der Waals surface area contributed by atoms with Gasteiger partial charge in [-0.25, -0.2) is 4.79 Å². The van der Waals surface area contributed by atoms with E-state index in [0.29, 0.717) is 30.4 Å². The third-order valence-electron chi connectivity index (χ3n) is 7.15. The summed E-state index contributed by atoms with van der Waals surface area (Å²) in [6.07, 6.45) is 0.685. The van der Waals surface area contributed by atoms with Crippen LogP contribution in [0.5, 0.6) is 0 Å². The first-order chi connectivity index (χ1) is 15.2. The Bertz CT molecular complexity index is 1150. The largest absolute Gasteiger partial charge is 0.448 e. The highest BCUT2D eigenvalue weighted by Gasteiger charge is 2.43. The lowest BCUT2D eigenvalue weighted by atomic mass is 9.59. The molecule has 3 aromatic rings. The van der Waals surface area contributed by atoms with E-state index >= 15 is 0 Å². The third-order valence-corrected chi connectivity index (χ3v) is 7.15. The number of cyclic esters (lactones) is 1. The van der Waals surface area contributed by atoms with Gasteiger partial charge in [0.2, 0.25) is 0 Å². The second-order valence-electron chi connectivity index (χ2n) is 8.78. The molecule has 1 N–H and O–H groups in total. The van der Waals surface area contributed by atoms with Crippen LogP contribution in [0.15, 0.2) is 72.8 Å². The molecule has 0 spiro atoms. The van der Waals surface area contributed by atoms with E-state index < -0.39 is 12.1 Å². The van der Waals surface area contributed by atoms with Crippen molar-refractivity contribution >= 4 is 11.9 Å². The maximum Gasteiger partial charge on any atom is 0.339 e. The lowest BCUT2D eigenvalue weighted by Crippen LogP contribution is -2.45. The molecule has 7 rings (SSSR count). The number of fused-ring (bicyclic) bond motifs is 2. The molecule has 0 radical (unpaired) electrons. The molecule has 2 atom stereocenters. The molecular weight excluding hydrogens is 386 g/mol. The Balaban J connectivity index is 1.22. The van der Waals surface area contributed by atoms with Crippen LogP contribution in [0.3, 0.4) is 0 Å². The highest BCUT2D eigenvalue weighted by molar-refractivity contribution is 5.95. The maximum absolute atomic E-state index is 12.9. The molecule has 4 nitrogen and oxygen atoms in total. The Kier molecular flexibility index (Phi) is 4.20. The van der Waals surface area contributed by atoms with Gasteiger partial charge in [0.25, 0.3) is 5.91 Å². The molecule has 1 aliphatic heterocycles. The molecule has 1 amide bonds. The number of hydrogen-bond donors (Lipinski definition) is 1. The predicted molar refractivity (Wildman–Crippen MR) is 117 cm³/mol. The summed E-state index contributed by atoms with van der Waals surface area (Å²) in [4.78, 5) is 25.2. The number of esters is 1. The molecule has 0 fully saturated rings. The van der Waals surface area contributed by atoms with Crippen molar-refractivity contribution < 1.29 is 14.3 Å². The van der Waals surface area contributed by atoms with Crippen LogP contribution in [0.1, 0.15) is 56.4 Å². The van der Waals surface area contributed by atoms with Gasteiger partial charge in [0.1, 0.15) is 0 Å². The summed E-state index contributed by atoms with van der Waals surface area (Å²) in [7, 11) is 0. The van der Waals surface area contributed by atoms with Crippen molar-refractivity contribution in [1.29, 1.82) is 0 Å². The molecule has 0 aromatic heterocycles. The van der Waals surface area contributed by atoms with E-state index in [1.807, 2.05) is 18.2 Å². The van der Waals surface area contributed by atoms with Crippen LogP contribution < -0.4 is 5.32 Å². The zero-order valence-electron chi connectivity index (χ0n) is 17.1. The zero-order valence-corrected chi connectivity index (χ0v) is 17.1. The van der Waals surface area contributed by atoms with Gasteiger partial charge in [-0.2, -0.15) is 0 Å². The highest BCUT2D eigenvalue weighted by atomic mass is 16.5. The average Bonchev–Trinajstić information content (AvgIpc) is 2.82. The van der Waals surface area contributed by atoms with E-state index in [-0.39, 0.29) is 11.8 Å². The molecule has 0 saturated carbocycles. The minimum absolute atomic E-state index is 0.203. The number of carbonyl (C=O) groups excluding carboxylic acids is 2. The van der Waals surface area contributed by atoms with Crippen molar-refractivity contribution in [2.24, 2.45) is 5.92 Å². The van der Waals surface area contributed by atoms with E-state index in [4.69, 9.17) is 4.74 Å². The van der Waals surface area contributed by atoms with Crippen molar-refractivity contribution in [3.8, 4) is 0 Å². The van der Waals surface area contributed by atoms with Crippen LogP contribution in [-0.2, 0) is 16.0 Å². The van der Waals surface area contributed by atoms with Crippen molar-refractivity contribution in [3.05, 3.63) is 106 Å². The first-order valence-electron chi connectivity index (χ1n) is 10.9. The molecule has 0 unspecified atom stereocenters. The summed E-state index contributed by atoms with van der Waals surface area (Å²) in [5.74, 6) is 0.365. The number of rotatable bonds is 3. The van der Waals surface area contributed by atoms with Gasteiger partial charge in [-0.15, -0.1) is 0 Å². The number of carbonyl (C=O) groups is 2. The minimum Gasteiger partial charge on any atom is -0.448 e. The quantitative estimate of drug-likeness (QED) is 0.660. The number of benzene rings is 3. The Labute approximate surface area is 181 Å². The summed E-state index contributed by atoms with van der Waals surface area (Å²) < 4.78 is 5.44. The Hall–Kier alpha value is -3.40. The van der Waals surface area contributed by atoms with Crippen molar-refractivity contribution in [3.63, 3.8) is 0 Å². The van der Waals surface area contributed by atoms with Gasteiger partial charge < -0.3 is 10.1 Å². The Morgan fingerprint density at radius 1 is 0.871 bits per heavy atom. The van der Waals surface area contributed by atoms with E-state index in [0.717, 1.165) is 12.0 Å². The summed E-state index contributed by atoms with van der Waals surface area (Å²) >= 11 is 0. The first-order valence-corrected chi connectivity index (χ1v) is 10.9. The fourth-order valence-corrected chi connectivity index (χ4v) is 5.78. The molecule has 1 heterocycles. The number of hydrogen-bond acceptors (Lipinski definition) is 3. The lowest BCUT2D eigenvalue weighted by molar-refractivity contribution is -0.130. The molecule has 3 aromatic carbocycles. The molecular formula is C27H23NO3. The predicted octanol–water partition coefficient (Wildman–Crippen LogP) is 4.18. The van der Waals surface area contributed by atoms with Crippen LogP contribution in [-0.4, -0.2) is 24.5 Å². The maximum atomic E-state index is 12.9. The smallest absolute Gasteiger partial charge is 0.339 e. The Morgan fingerprint density at radius 3 is 2.19 bits per heavy atom. The van der Waals surface area contributed by atoms with Gasteiger partial charge in [0, 0.05) is 24.8 Å². The normalized spacial score (nSPS) is 25.1. The van der Waals surface area contributed by atoms with Crippen LogP contribution in [0.25, 0.3) is 0 Å². The van der Waals surface area contributed by atoms with Crippen molar-refractivity contribution in [2.45, 2.75) is 30.8 Å². The number of nitrogens with one attached hydrogen (secondary N) is 1. The van der Waals surface area contributed by atoms with Crippen LogP contribution in [0.2, 0.25) is 0 Å². The fraction of sp³-hybridized carbons (Fsp3) is 0.259. The molecule has 0 saturated heterocycles. The third kappa shape index (κ3) is 2.89. The first kappa shape index (κ1) is 18.4. The Morgan fingerprint density at radius 2 is 1.48 bits per heavy atom. The summed E-state index contributed by atoms with van der Waals surface area (Å²) in [6, 6.07) is 24.8. The second kappa shape index (κ2) is 7.09. The van der Waals surface area contributed by atoms with E-state index in [1.54, 1.807) is 6.07 Å². The number of ether oxygens (including phenoxy) is 1. The molecule has 31 heavy (non-hydrogen) atoms. The van der Waals surface area contributed by atoms with Crippen LogP contribution >= 0.6 is 0 Å². The molecule has 2 bridgehead atoms. The summed E-state index contributed by atoms with van der Waals surface area (Å²) in [6.45, 7) is 0.582. The molecule has 4 heteroatoms. The van der Waals surface area contributed by atoms with Crippen molar-refractivity contribution in [2.75, 3.05) is 6.54 Å².